The third-order valence-electron chi connectivity index (χ3n) is 4.20. The van der Waals surface area contributed by atoms with Gasteiger partial charge in [-0.05, 0) is 17.9 Å². The average molecular weight is 338 g/mol. The van der Waals surface area contributed by atoms with E-state index in [-0.39, 0.29) is 11.9 Å². The van der Waals surface area contributed by atoms with E-state index in [0.717, 1.165) is 12.0 Å². The highest BCUT2D eigenvalue weighted by Gasteiger charge is 2.29. The zero-order valence-electron chi connectivity index (χ0n) is 13.8. The highest BCUT2D eigenvalue weighted by Crippen LogP contribution is 2.27. The molecule has 1 amide bonds. The van der Waals surface area contributed by atoms with Gasteiger partial charge in [-0.2, -0.15) is 4.98 Å². The Morgan fingerprint density at radius 3 is 2.96 bits per heavy atom. The summed E-state index contributed by atoms with van der Waals surface area (Å²) in [4.78, 5) is 16.1. The number of benzene rings is 1. The Hall–Kier alpha value is -3.03. The molecule has 2 atom stereocenters. The molecule has 1 aromatic carbocycles. The molecule has 8 nitrogen and oxygen atoms in total. The summed E-state index contributed by atoms with van der Waals surface area (Å²) in [6.07, 6.45) is 3.10. The number of amides is 1. The highest BCUT2D eigenvalue weighted by atomic mass is 16.5. The fourth-order valence-corrected chi connectivity index (χ4v) is 3.01. The normalized spacial score (nSPS) is 20.4. The molecule has 2 aromatic heterocycles. The Kier molecular flexibility index (Phi) is 4.01. The molecule has 0 spiro atoms. The molecule has 1 saturated heterocycles. The fourth-order valence-electron chi connectivity index (χ4n) is 3.01. The van der Waals surface area contributed by atoms with Crippen molar-refractivity contribution < 1.29 is 9.32 Å². The summed E-state index contributed by atoms with van der Waals surface area (Å²) in [7, 11) is 0. The van der Waals surface area contributed by atoms with Crippen molar-refractivity contribution in [3.8, 4) is 11.5 Å². The highest BCUT2D eigenvalue weighted by molar-refractivity contribution is 5.77. The van der Waals surface area contributed by atoms with Gasteiger partial charge in [-0.1, -0.05) is 47.6 Å². The van der Waals surface area contributed by atoms with Crippen molar-refractivity contribution in [1.82, 2.24) is 30.5 Å². The summed E-state index contributed by atoms with van der Waals surface area (Å²) in [6, 6.07) is 9.76. The lowest BCUT2D eigenvalue weighted by Gasteiger charge is -2.24. The molecule has 0 bridgehead atoms. The largest absolute Gasteiger partial charge is 0.344 e. The van der Waals surface area contributed by atoms with Crippen molar-refractivity contribution in [2.75, 3.05) is 0 Å². The van der Waals surface area contributed by atoms with Crippen LogP contribution in [0.1, 0.15) is 37.3 Å². The van der Waals surface area contributed by atoms with Gasteiger partial charge in [-0.3, -0.25) is 4.79 Å². The van der Waals surface area contributed by atoms with Crippen LogP contribution < -0.4 is 5.32 Å². The van der Waals surface area contributed by atoms with Crippen LogP contribution in [-0.4, -0.2) is 31.0 Å². The predicted octanol–water partition coefficient (Wildman–Crippen LogP) is 1.96. The number of hydrogen-bond donors (Lipinski definition) is 1. The van der Waals surface area contributed by atoms with E-state index in [2.05, 4.69) is 25.8 Å². The predicted molar refractivity (Wildman–Crippen MR) is 88.1 cm³/mol. The fraction of sp³-hybridized carbons (Fsp3) is 0.353. The molecule has 4 rings (SSSR count). The maximum absolute atomic E-state index is 11.7. The standard InChI is InChI=1S/C17H18N6O2/c1-11-7-13(18-15(24)8-11)17-19-16(21-25-17)14-10-23(22-20-14)9-12-5-3-2-4-6-12/h2-6,10-11,13H,7-9H2,1H3,(H,18,24)/t11-,13-/m0/s1. The van der Waals surface area contributed by atoms with Crippen molar-refractivity contribution in [2.45, 2.75) is 32.4 Å². The van der Waals surface area contributed by atoms with E-state index in [1.807, 2.05) is 37.3 Å². The topological polar surface area (TPSA) is 98.7 Å². The van der Waals surface area contributed by atoms with Crippen LogP contribution in [0.25, 0.3) is 11.5 Å². The molecule has 0 radical (unpaired) electrons. The van der Waals surface area contributed by atoms with Crippen LogP contribution in [0.3, 0.4) is 0 Å². The molecule has 128 valence electrons. The lowest BCUT2D eigenvalue weighted by atomic mass is 9.94. The minimum absolute atomic E-state index is 0.0114. The van der Waals surface area contributed by atoms with Crippen molar-refractivity contribution >= 4 is 5.91 Å². The first-order valence-electron chi connectivity index (χ1n) is 8.25. The Bertz CT molecular complexity index is 872. The number of hydrogen-bond acceptors (Lipinski definition) is 6. The van der Waals surface area contributed by atoms with E-state index < -0.39 is 0 Å². The van der Waals surface area contributed by atoms with Gasteiger partial charge in [-0.15, -0.1) is 5.10 Å². The molecule has 1 aliphatic heterocycles. The van der Waals surface area contributed by atoms with Gasteiger partial charge in [0, 0.05) is 6.42 Å². The summed E-state index contributed by atoms with van der Waals surface area (Å²) in [6.45, 7) is 2.66. The van der Waals surface area contributed by atoms with Gasteiger partial charge in [0.15, 0.2) is 5.69 Å². The van der Waals surface area contributed by atoms with Crippen LogP contribution >= 0.6 is 0 Å². The Balaban J connectivity index is 1.50. The minimum Gasteiger partial charge on any atom is -0.344 e. The maximum Gasteiger partial charge on any atom is 0.249 e. The van der Waals surface area contributed by atoms with Crippen LogP contribution in [0.15, 0.2) is 41.1 Å². The second-order valence-electron chi connectivity index (χ2n) is 6.41. The SMILES string of the molecule is C[C@@H]1CC(=O)N[C@H](c2nc(-c3cn(Cc4ccccc4)nn3)no2)C1. The van der Waals surface area contributed by atoms with Gasteiger partial charge < -0.3 is 9.84 Å². The number of rotatable bonds is 4. The molecule has 25 heavy (non-hydrogen) atoms. The zero-order valence-corrected chi connectivity index (χ0v) is 13.8. The molecule has 1 N–H and O–H groups in total. The van der Waals surface area contributed by atoms with Gasteiger partial charge in [0.25, 0.3) is 0 Å². The third kappa shape index (κ3) is 3.42. The first-order chi connectivity index (χ1) is 12.2. The van der Waals surface area contributed by atoms with E-state index in [0.29, 0.717) is 36.3 Å². The summed E-state index contributed by atoms with van der Waals surface area (Å²) >= 11 is 0. The third-order valence-corrected chi connectivity index (χ3v) is 4.20. The lowest BCUT2D eigenvalue weighted by Crippen LogP contribution is -2.36. The van der Waals surface area contributed by atoms with Gasteiger partial charge in [0.1, 0.15) is 6.04 Å². The molecule has 8 heteroatoms. The van der Waals surface area contributed by atoms with Gasteiger partial charge in [0.05, 0.1) is 12.7 Å². The van der Waals surface area contributed by atoms with Crippen LogP contribution in [0, 0.1) is 5.92 Å². The molecule has 1 fully saturated rings. The molecule has 1 aliphatic rings. The van der Waals surface area contributed by atoms with Crippen LogP contribution in [0.5, 0.6) is 0 Å². The Morgan fingerprint density at radius 2 is 2.16 bits per heavy atom. The van der Waals surface area contributed by atoms with Gasteiger partial charge >= 0.3 is 0 Å². The van der Waals surface area contributed by atoms with Crippen LogP contribution in [0.2, 0.25) is 0 Å². The van der Waals surface area contributed by atoms with Gasteiger partial charge in [0.2, 0.25) is 17.6 Å². The van der Waals surface area contributed by atoms with Crippen molar-refractivity contribution in [3.05, 3.63) is 48.0 Å². The van der Waals surface area contributed by atoms with E-state index in [9.17, 15) is 4.79 Å². The first-order valence-corrected chi connectivity index (χ1v) is 8.25. The average Bonchev–Trinajstić information content (AvgIpc) is 3.24. The molecule has 3 heterocycles. The molecule has 0 unspecified atom stereocenters. The second kappa shape index (κ2) is 6.46. The van der Waals surface area contributed by atoms with Crippen molar-refractivity contribution in [2.24, 2.45) is 5.92 Å². The first kappa shape index (κ1) is 15.5. The molecule has 3 aromatic rings. The van der Waals surface area contributed by atoms with Crippen LogP contribution in [0.4, 0.5) is 0 Å². The Labute approximate surface area is 144 Å². The quantitative estimate of drug-likeness (QED) is 0.781. The molecular formula is C17H18N6O2. The number of nitrogens with one attached hydrogen (secondary N) is 1. The summed E-state index contributed by atoms with van der Waals surface area (Å²) in [5.74, 6) is 1.09. The second-order valence-corrected chi connectivity index (χ2v) is 6.41. The monoisotopic (exact) mass is 338 g/mol. The van der Waals surface area contributed by atoms with E-state index >= 15 is 0 Å². The molecule has 0 saturated carbocycles. The zero-order chi connectivity index (χ0) is 17.2. The van der Waals surface area contributed by atoms with Crippen LogP contribution in [-0.2, 0) is 11.3 Å². The van der Waals surface area contributed by atoms with Crippen molar-refractivity contribution in [1.29, 1.82) is 0 Å². The minimum atomic E-state index is -0.239. The maximum atomic E-state index is 11.7. The molecular weight excluding hydrogens is 320 g/mol. The lowest BCUT2D eigenvalue weighted by molar-refractivity contribution is -0.124. The van der Waals surface area contributed by atoms with Crippen molar-refractivity contribution in [3.63, 3.8) is 0 Å². The van der Waals surface area contributed by atoms with E-state index in [1.54, 1.807) is 10.9 Å². The number of aromatic nitrogens is 5. The molecule has 0 aliphatic carbocycles. The number of carbonyl (C=O) groups excluding carboxylic acids is 1. The van der Waals surface area contributed by atoms with Gasteiger partial charge in [-0.25, -0.2) is 4.68 Å². The summed E-state index contributed by atoms with van der Waals surface area (Å²) in [5, 5.41) is 15.1. The van der Waals surface area contributed by atoms with E-state index in [1.165, 1.54) is 0 Å². The number of carbonyl (C=O) groups is 1. The number of piperidine rings is 1. The smallest absolute Gasteiger partial charge is 0.249 e. The number of nitrogens with zero attached hydrogens (tertiary/aromatic N) is 5. The summed E-state index contributed by atoms with van der Waals surface area (Å²) < 4.78 is 7.06. The van der Waals surface area contributed by atoms with E-state index in [4.69, 9.17) is 4.52 Å². The summed E-state index contributed by atoms with van der Waals surface area (Å²) in [5.41, 5.74) is 1.67. The Morgan fingerprint density at radius 1 is 1.32 bits per heavy atom.